The van der Waals surface area contributed by atoms with Gasteiger partial charge in [0, 0.05) is 24.0 Å². The largest absolute Gasteiger partial charge is 0.393 e. The summed E-state index contributed by atoms with van der Waals surface area (Å²) in [5.74, 6) is -5.55. The molecule has 0 aliphatic rings. The van der Waals surface area contributed by atoms with Gasteiger partial charge in [0.15, 0.2) is 11.6 Å². The fraction of sp³-hybridized carbons (Fsp3) is 0.176. The molecular formula is C34H28F2O5. The second kappa shape index (κ2) is 14.0. The average Bonchev–Trinajstić information content (AvgIpc) is 2.98. The Labute approximate surface area is 236 Å². The maximum Gasteiger partial charge on any atom is 0.317 e. The topological polar surface area (TPSA) is 77.5 Å². The Kier molecular flexibility index (Phi) is 9.99. The number of Topliss-reactive ketones (excluding diaryl/α,β-unsaturated/α-hetero) is 2. The third-order valence-corrected chi connectivity index (χ3v) is 6.71. The molecule has 0 saturated carbocycles. The molecule has 4 rings (SSSR count). The molecule has 2 atom stereocenters. The van der Waals surface area contributed by atoms with Gasteiger partial charge in [0.1, 0.15) is 11.6 Å². The van der Waals surface area contributed by atoms with Crippen molar-refractivity contribution >= 4 is 23.5 Å². The zero-order valence-corrected chi connectivity index (χ0v) is 22.2. The molecule has 0 N–H and O–H groups in total. The van der Waals surface area contributed by atoms with Gasteiger partial charge in [-0.3, -0.25) is 19.2 Å². The summed E-state index contributed by atoms with van der Waals surface area (Å²) in [5, 5.41) is 0. The number of rotatable bonds is 12. The van der Waals surface area contributed by atoms with Gasteiger partial charge in [-0.2, -0.15) is 0 Å². The van der Waals surface area contributed by atoms with Crippen LogP contribution in [0.25, 0.3) is 0 Å². The summed E-state index contributed by atoms with van der Waals surface area (Å²) < 4.78 is 32.0. The average molecular weight is 555 g/mol. The SMILES string of the molecule is O=C(CC(Cc1ccccc1)C(=O)OC(=O)C(CC(=O)c1ccc(F)cc1)Cc1ccccc1)c1ccc(F)cc1. The number of benzene rings is 4. The number of hydrogen-bond donors (Lipinski definition) is 0. The summed E-state index contributed by atoms with van der Waals surface area (Å²) in [4.78, 5) is 52.6. The first-order chi connectivity index (χ1) is 19.8. The molecule has 0 spiro atoms. The Balaban J connectivity index is 1.53. The van der Waals surface area contributed by atoms with Gasteiger partial charge in [-0.15, -0.1) is 0 Å². The van der Waals surface area contributed by atoms with Crippen LogP contribution in [0.5, 0.6) is 0 Å². The molecule has 0 aliphatic carbocycles. The van der Waals surface area contributed by atoms with E-state index in [2.05, 4.69) is 0 Å². The quantitative estimate of drug-likeness (QED) is 0.112. The first-order valence-electron chi connectivity index (χ1n) is 13.2. The molecule has 0 radical (unpaired) electrons. The highest BCUT2D eigenvalue weighted by molar-refractivity contribution is 6.01. The molecule has 0 fully saturated rings. The summed E-state index contributed by atoms with van der Waals surface area (Å²) in [6.45, 7) is 0. The summed E-state index contributed by atoms with van der Waals surface area (Å²) in [7, 11) is 0. The molecule has 5 nitrogen and oxygen atoms in total. The lowest BCUT2D eigenvalue weighted by molar-refractivity contribution is -0.165. The molecule has 0 aliphatic heterocycles. The molecule has 0 bridgehead atoms. The van der Waals surface area contributed by atoms with E-state index in [0.717, 1.165) is 35.4 Å². The minimum Gasteiger partial charge on any atom is -0.393 e. The van der Waals surface area contributed by atoms with E-state index in [1.807, 2.05) is 12.1 Å². The van der Waals surface area contributed by atoms with Gasteiger partial charge in [0.2, 0.25) is 0 Å². The minimum atomic E-state index is -0.996. The Bertz CT molecular complexity index is 1370. The van der Waals surface area contributed by atoms with Crippen molar-refractivity contribution in [1.29, 1.82) is 0 Å². The van der Waals surface area contributed by atoms with Crippen molar-refractivity contribution in [1.82, 2.24) is 0 Å². The number of halogens is 2. The van der Waals surface area contributed by atoms with E-state index >= 15 is 0 Å². The van der Waals surface area contributed by atoms with Gasteiger partial charge in [-0.25, -0.2) is 8.78 Å². The minimum absolute atomic E-state index is 0.137. The van der Waals surface area contributed by atoms with Crippen LogP contribution in [0.3, 0.4) is 0 Å². The number of carbonyl (C=O) groups excluding carboxylic acids is 4. The number of carbonyl (C=O) groups is 4. The van der Waals surface area contributed by atoms with Gasteiger partial charge in [0.25, 0.3) is 0 Å². The van der Waals surface area contributed by atoms with Crippen molar-refractivity contribution in [2.75, 3.05) is 0 Å². The zero-order chi connectivity index (χ0) is 29.2. The Morgan fingerprint density at radius 2 is 0.854 bits per heavy atom. The van der Waals surface area contributed by atoms with E-state index in [9.17, 15) is 28.0 Å². The molecule has 7 heteroatoms. The normalized spacial score (nSPS) is 12.2. The van der Waals surface area contributed by atoms with Gasteiger partial charge in [-0.1, -0.05) is 60.7 Å². The molecule has 208 valence electrons. The molecular weight excluding hydrogens is 526 g/mol. The van der Waals surface area contributed by atoms with Crippen LogP contribution in [0.2, 0.25) is 0 Å². The van der Waals surface area contributed by atoms with E-state index in [0.29, 0.717) is 0 Å². The van der Waals surface area contributed by atoms with E-state index in [4.69, 9.17) is 4.74 Å². The lowest BCUT2D eigenvalue weighted by atomic mass is 9.91. The standard InChI is InChI=1S/C34H28F2O5/c35-29-15-11-25(12-16-29)31(37)21-27(19-23-7-3-1-4-8-23)33(39)41-34(40)28(20-24-9-5-2-6-10-24)22-32(38)26-13-17-30(36)18-14-26/h1-18,27-28H,19-22H2. The first-order valence-corrected chi connectivity index (χ1v) is 13.2. The van der Waals surface area contributed by atoms with E-state index in [-0.39, 0.29) is 36.8 Å². The van der Waals surface area contributed by atoms with E-state index in [1.54, 1.807) is 48.5 Å². The predicted molar refractivity (Wildman–Crippen MR) is 149 cm³/mol. The van der Waals surface area contributed by atoms with Gasteiger partial charge >= 0.3 is 11.9 Å². The van der Waals surface area contributed by atoms with Crippen molar-refractivity contribution < 1.29 is 32.7 Å². The van der Waals surface area contributed by atoms with Crippen molar-refractivity contribution in [3.05, 3.63) is 143 Å². The molecule has 41 heavy (non-hydrogen) atoms. The summed E-state index contributed by atoms with van der Waals surface area (Å²) in [5.41, 5.74) is 1.99. The predicted octanol–water partition coefficient (Wildman–Crippen LogP) is 6.60. The van der Waals surface area contributed by atoms with Crippen LogP contribution in [0.15, 0.2) is 109 Å². The highest BCUT2D eigenvalue weighted by Crippen LogP contribution is 2.22. The number of esters is 2. The van der Waals surface area contributed by atoms with Crippen LogP contribution in [0, 0.1) is 23.5 Å². The summed E-state index contributed by atoms with van der Waals surface area (Å²) in [6, 6.07) is 28.0. The molecule has 0 saturated heterocycles. The van der Waals surface area contributed by atoms with Gasteiger partial charge in [0.05, 0.1) is 11.8 Å². The maximum absolute atomic E-state index is 13.4. The Hall–Kier alpha value is -4.78. The van der Waals surface area contributed by atoms with Crippen LogP contribution in [-0.2, 0) is 27.2 Å². The number of hydrogen-bond acceptors (Lipinski definition) is 5. The van der Waals surface area contributed by atoms with Crippen LogP contribution >= 0.6 is 0 Å². The second-order valence-electron chi connectivity index (χ2n) is 9.78. The lowest BCUT2D eigenvalue weighted by Gasteiger charge is -2.19. The van der Waals surface area contributed by atoms with E-state index in [1.165, 1.54) is 24.3 Å². The number of ketones is 2. The van der Waals surface area contributed by atoms with Crippen LogP contribution in [0.4, 0.5) is 8.78 Å². The Morgan fingerprint density at radius 1 is 0.512 bits per heavy atom. The van der Waals surface area contributed by atoms with Gasteiger partial charge in [-0.05, 0) is 72.5 Å². The van der Waals surface area contributed by atoms with Crippen molar-refractivity contribution in [3.8, 4) is 0 Å². The monoisotopic (exact) mass is 554 g/mol. The third-order valence-electron chi connectivity index (χ3n) is 6.71. The molecule has 0 amide bonds. The first kappa shape index (κ1) is 29.2. The fourth-order valence-corrected chi connectivity index (χ4v) is 4.50. The van der Waals surface area contributed by atoms with Crippen LogP contribution < -0.4 is 0 Å². The highest BCUT2D eigenvalue weighted by atomic mass is 19.1. The molecule has 2 unspecified atom stereocenters. The molecule has 0 aromatic heterocycles. The highest BCUT2D eigenvalue weighted by Gasteiger charge is 2.31. The molecule has 0 heterocycles. The third kappa shape index (κ3) is 8.60. The molecule has 4 aromatic rings. The maximum atomic E-state index is 13.4. The number of ether oxygens (including phenoxy) is 1. The van der Waals surface area contributed by atoms with E-state index < -0.39 is 47.0 Å². The van der Waals surface area contributed by atoms with Crippen molar-refractivity contribution in [2.45, 2.75) is 25.7 Å². The fourth-order valence-electron chi connectivity index (χ4n) is 4.50. The smallest absolute Gasteiger partial charge is 0.317 e. The lowest BCUT2D eigenvalue weighted by Crippen LogP contribution is -2.30. The molecule has 4 aromatic carbocycles. The Morgan fingerprint density at radius 3 is 1.20 bits per heavy atom. The zero-order valence-electron chi connectivity index (χ0n) is 22.2. The van der Waals surface area contributed by atoms with Crippen LogP contribution in [-0.4, -0.2) is 23.5 Å². The second-order valence-corrected chi connectivity index (χ2v) is 9.78. The van der Waals surface area contributed by atoms with Crippen molar-refractivity contribution in [3.63, 3.8) is 0 Å². The van der Waals surface area contributed by atoms with Gasteiger partial charge < -0.3 is 4.74 Å². The van der Waals surface area contributed by atoms with Crippen LogP contribution in [0.1, 0.15) is 44.7 Å². The van der Waals surface area contributed by atoms with Crippen molar-refractivity contribution in [2.24, 2.45) is 11.8 Å². The summed E-state index contributed by atoms with van der Waals surface area (Å²) in [6.07, 6.45) is -0.246. The summed E-state index contributed by atoms with van der Waals surface area (Å²) >= 11 is 0.